The second kappa shape index (κ2) is 20.6. The molecular formula is C40H60N6O10. The predicted molar refractivity (Wildman–Crippen MR) is 204 cm³/mol. The number of nitrogens with one attached hydrogen (secondary N) is 4. The van der Waals surface area contributed by atoms with E-state index in [0.29, 0.717) is 24.8 Å². The van der Waals surface area contributed by atoms with Crippen LogP contribution in [-0.4, -0.2) is 121 Å². The number of ether oxygens (including phenoxy) is 2. The van der Waals surface area contributed by atoms with Crippen molar-refractivity contribution in [3.63, 3.8) is 0 Å². The number of amides is 6. The third-order valence-corrected chi connectivity index (χ3v) is 10.8. The average molecular weight is 785 g/mol. The van der Waals surface area contributed by atoms with Crippen molar-refractivity contribution in [3.8, 4) is 0 Å². The van der Waals surface area contributed by atoms with Gasteiger partial charge in [0.25, 0.3) is 5.91 Å². The molecule has 4 rings (SSSR count). The number of likely N-dealkylation sites (N-methyl/N-ethyl adjacent to an activating group) is 1. The molecule has 0 spiro atoms. The molecule has 1 saturated heterocycles. The van der Waals surface area contributed by atoms with Crippen molar-refractivity contribution in [2.24, 2.45) is 29.6 Å². The van der Waals surface area contributed by atoms with Gasteiger partial charge in [0.2, 0.25) is 29.4 Å². The number of aliphatic hydroxyl groups is 1. The summed E-state index contributed by atoms with van der Waals surface area (Å²) in [5.74, 6) is -5.59. The largest absolute Gasteiger partial charge is 0.449 e. The van der Waals surface area contributed by atoms with Gasteiger partial charge in [0, 0.05) is 39.1 Å². The highest BCUT2D eigenvalue weighted by molar-refractivity contribution is 6.38. The number of hydrogen-bond acceptors (Lipinski definition) is 10. The van der Waals surface area contributed by atoms with Crippen molar-refractivity contribution >= 4 is 41.4 Å². The standard InChI is InChI=1S/C40H60N6O10/c1-7-15-27(34(48)36(50)41-20-28(47)43-31(37(51)45(5)6)24-16-11-9-12-17-24)42-35(49)33-29-26(30(29)39(53)55-8-2)21-46(33)38(52)32(25-18-13-10-14-19-25)44-40(54)56-22-23(3)4/h9,11-12,16-17,23,25-27,29-33,39,53H,7-8,10,13-15,18-22H2,1-6H3,(H,41,50)(H,42,49)(H,43,47)(H,44,54)/t26-,27?,29+,30-,31?,32-,33-,39-/m0/s1. The minimum absolute atomic E-state index is 0.0841. The number of nitrogens with zero attached hydrogens (tertiary/aromatic N) is 2. The summed E-state index contributed by atoms with van der Waals surface area (Å²) in [4.78, 5) is 96.8. The molecule has 56 heavy (non-hydrogen) atoms. The number of benzene rings is 1. The lowest BCUT2D eigenvalue weighted by Gasteiger charge is -2.36. The predicted octanol–water partition coefficient (Wildman–Crippen LogP) is 1.66. The third kappa shape index (κ3) is 11.3. The first-order valence-corrected chi connectivity index (χ1v) is 19.9. The molecule has 6 amide bonds. The number of ketones is 1. The van der Waals surface area contributed by atoms with Crippen LogP contribution in [0.5, 0.6) is 0 Å². The molecule has 3 fully saturated rings. The molecule has 16 heteroatoms. The molecule has 2 unspecified atom stereocenters. The van der Waals surface area contributed by atoms with Crippen molar-refractivity contribution in [3.05, 3.63) is 35.9 Å². The minimum atomic E-state index is -1.29. The van der Waals surface area contributed by atoms with Crippen LogP contribution in [0.25, 0.3) is 0 Å². The van der Waals surface area contributed by atoms with Gasteiger partial charge in [-0.25, -0.2) is 4.79 Å². The van der Waals surface area contributed by atoms with Gasteiger partial charge in [-0.3, -0.25) is 28.8 Å². The van der Waals surface area contributed by atoms with E-state index in [4.69, 9.17) is 9.47 Å². The molecule has 310 valence electrons. The van der Waals surface area contributed by atoms with Crippen LogP contribution < -0.4 is 21.3 Å². The molecule has 0 bridgehead atoms. The molecule has 2 aliphatic carbocycles. The number of alkyl carbamates (subject to hydrolysis) is 1. The van der Waals surface area contributed by atoms with E-state index in [1.807, 2.05) is 13.8 Å². The second-order valence-electron chi connectivity index (χ2n) is 15.7. The summed E-state index contributed by atoms with van der Waals surface area (Å²) in [6.45, 7) is 7.24. The summed E-state index contributed by atoms with van der Waals surface area (Å²) in [6.07, 6.45) is 2.83. The summed E-state index contributed by atoms with van der Waals surface area (Å²) in [6, 6.07) is 4.22. The Bertz CT molecular complexity index is 1550. The zero-order valence-corrected chi connectivity index (χ0v) is 33.5. The van der Waals surface area contributed by atoms with Crippen LogP contribution in [0.15, 0.2) is 30.3 Å². The summed E-state index contributed by atoms with van der Waals surface area (Å²) in [7, 11) is 3.10. The fraction of sp³-hybridized carbons (Fsp3) is 0.675. The van der Waals surface area contributed by atoms with Gasteiger partial charge in [-0.15, -0.1) is 0 Å². The molecule has 1 aromatic rings. The molecule has 0 aromatic heterocycles. The van der Waals surface area contributed by atoms with E-state index in [1.165, 1.54) is 9.80 Å². The van der Waals surface area contributed by atoms with Gasteiger partial charge in [-0.1, -0.05) is 76.8 Å². The van der Waals surface area contributed by atoms with Crippen molar-refractivity contribution in [2.75, 3.05) is 40.4 Å². The Morgan fingerprint density at radius 1 is 0.946 bits per heavy atom. The number of carbonyl (C=O) groups excluding carboxylic acids is 7. The van der Waals surface area contributed by atoms with Crippen LogP contribution in [0.2, 0.25) is 0 Å². The van der Waals surface area contributed by atoms with E-state index in [0.717, 1.165) is 19.3 Å². The maximum absolute atomic E-state index is 14.4. The molecular weight excluding hydrogens is 724 g/mol. The maximum atomic E-state index is 14.4. The first kappa shape index (κ1) is 44.1. The van der Waals surface area contributed by atoms with Crippen LogP contribution in [-0.2, 0) is 38.2 Å². The van der Waals surface area contributed by atoms with Crippen molar-refractivity contribution in [1.82, 2.24) is 31.1 Å². The Labute approximate surface area is 329 Å². The quantitative estimate of drug-likeness (QED) is 0.101. The van der Waals surface area contributed by atoms with Gasteiger partial charge in [0.05, 0.1) is 19.2 Å². The lowest BCUT2D eigenvalue weighted by atomic mass is 9.83. The van der Waals surface area contributed by atoms with Crippen molar-refractivity contribution < 1.29 is 48.1 Å². The SMILES string of the molecule is CCCC(NC(=O)[C@@H]1[C@@H]2[C@H](CN1C(=O)[C@@H](NC(=O)OCC(C)C)C1CCCCC1)[C@@H]2[C@@H](O)OCC)C(=O)C(=O)NCC(=O)NC(C(=O)N(C)C)c1ccccc1. The number of Topliss-reactive ketones (excluding diaryl/α,β-unsaturated/α-hetero) is 1. The van der Waals surface area contributed by atoms with Gasteiger partial charge in [0.1, 0.15) is 18.1 Å². The number of fused-ring (bicyclic) bond motifs is 1. The molecule has 2 saturated carbocycles. The Balaban J connectivity index is 1.49. The lowest BCUT2D eigenvalue weighted by Crippen LogP contribution is -2.59. The smallest absolute Gasteiger partial charge is 0.407 e. The number of rotatable bonds is 19. The van der Waals surface area contributed by atoms with Crippen LogP contribution in [0.4, 0.5) is 4.79 Å². The number of hydrogen-bond donors (Lipinski definition) is 5. The molecule has 1 aromatic carbocycles. The van der Waals surface area contributed by atoms with E-state index < -0.39 is 90.3 Å². The number of carbonyl (C=O) groups is 7. The summed E-state index contributed by atoms with van der Waals surface area (Å²) in [5, 5.41) is 21.2. The molecule has 1 heterocycles. The first-order chi connectivity index (χ1) is 26.7. The van der Waals surface area contributed by atoms with Gasteiger partial charge >= 0.3 is 6.09 Å². The number of piperidine rings is 1. The van der Waals surface area contributed by atoms with Gasteiger partial charge in [-0.05, 0) is 49.5 Å². The maximum Gasteiger partial charge on any atom is 0.407 e. The molecule has 5 N–H and O–H groups in total. The van der Waals surface area contributed by atoms with Gasteiger partial charge < -0.3 is 45.6 Å². The van der Waals surface area contributed by atoms with E-state index in [2.05, 4.69) is 21.3 Å². The van der Waals surface area contributed by atoms with Crippen LogP contribution in [0.1, 0.15) is 84.2 Å². The molecule has 3 aliphatic rings. The topological polar surface area (TPSA) is 213 Å². The molecule has 8 atom stereocenters. The van der Waals surface area contributed by atoms with Crippen LogP contribution in [0.3, 0.4) is 0 Å². The second-order valence-corrected chi connectivity index (χ2v) is 15.7. The van der Waals surface area contributed by atoms with E-state index in [1.54, 1.807) is 58.3 Å². The highest BCUT2D eigenvalue weighted by Crippen LogP contribution is 2.57. The molecule has 0 radical (unpaired) electrons. The fourth-order valence-corrected chi connectivity index (χ4v) is 7.95. The highest BCUT2D eigenvalue weighted by Gasteiger charge is 2.67. The van der Waals surface area contributed by atoms with E-state index in [9.17, 15) is 38.7 Å². The van der Waals surface area contributed by atoms with Crippen LogP contribution in [0, 0.1) is 29.6 Å². The Hall–Kier alpha value is -4.57. The minimum Gasteiger partial charge on any atom is -0.449 e. The van der Waals surface area contributed by atoms with Gasteiger partial charge in [0.15, 0.2) is 6.29 Å². The van der Waals surface area contributed by atoms with E-state index >= 15 is 0 Å². The normalized spacial score (nSPS) is 22.5. The Morgan fingerprint density at radius 2 is 1.62 bits per heavy atom. The first-order valence-electron chi connectivity index (χ1n) is 19.9. The number of aliphatic hydroxyl groups excluding tert-OH is 1. The fourth-order valence-electron chi connectivity index (χ4n) is 7.95. The monoisotopic (exact) mass is 784 g/mol. The molecule has 16 nitrogen and oxygen atoms in total. The summed E-state index contributed by atoms with van der Waals surface area (Å²) < 4.78 is 10.8. The Morgan fingerprint density at radius 3 is 2.23 bits per heavy atom. The third-order valence-electron chi connectivity index (χ3n) is 10.8. The zero-order chi connectivity index (χ0) is 41.1. The zero-order valence-electron chi connectivity index (χ0n) is 33.5. The lowest BCUT2D eigenvalue weighted by molar-refractivity contribution is -0.148. The van der Waals surface area contributed by atoms with Crippen LogP contribution >= 0.6 is 0 Å². The average Bonchev–Trinajstić information content (AvgIpc) is 3.75. The van der Waals surface area contributed by atoms with Crippen molar-refractivity contribution in [2.45, 2.75) is 103 Å². The molecule has 1 aliphatic heterocycles. The van der Waals surface area contributed by atoms with Gasteiger partial charge in [-0.2, -0.15) is 0 Å². The summed E-state index contributed by atoms with van der Waals surface area (Å²) in [5.41, 5.74) is 0.535. The van der Waals surface area contributed by atoms with E-state index in [-0.39, 0.29) is 43.9 Å². The summed E-state index contributed by atoms with van der Waals surface area (Å²) >= 11 is 0. The highest BCUT2D eigenvalue weighted by atomic mass is 16.6. The number of likely N-dealkylation sites (tertiary alicyclic amines) is 1. The van der Waals surface area contributed by atoms with Crippen molar-refractivity contribution in [1.29, 1.82) is 0 Å². The Kier molecular flexibility index (Phi) is 16.2.